The molecule has 5 aromatic rings. The minimum absolute atomic E-state index is 0.0221. The molecule has 242 valence electrons. The summed E-state index contributed by atoms with van der Waals surface area (Å²) >= 11 is 0.998. The van der Waals surface area contributed by atoms with Crippen molar-refractivity contribution in [1.82, 2.24) is 29.7 Å². The highest BCUT2D eigenvalue weighted by Gasteiger charge is 2.28. The van der Waals surface area contributed by atoms with Gasteiger partial charge in [0.25, 0.3) is 5.91 Å². The van der Waals surface area contributed by atoms with Gasteiger partial charge in [-0.15, -0.1) is 0 Å². The van der Waals surface area contributed by atoms with Gasteiger partial charge < -0.3 is 25.2 Å². The summed E-state index contributed by atoms with van der Waals surface area (Å²) in [6.07, 6.45) is 4.67. The molecule has 0 radical (unpaired) electrons. The van der Waals surface area contributed by atoms with E-state index in [1.165, 1.54) is 23.2 Å². The van der Waals surface area contributed by atoms with Gasteiger partial charge >= 0.3 is 6.01 Å². The van der Waals surface area contributed by atoms with Crippen molar-refractivity contribution in [3.05, 3.63) is 71.8 Å². The summed E-state index contributed by atoms with van der Waals surface area (Å²) in [7, 11) is 2.03. The van der Waals surface area contributed by atoms with Crippen molar-refractivity contribution in [3.63, 3.8) is 0 Å². The van der Waals surface area contributed by atoms with Crippen molar-refractivity contribution in [3.8, 4) is 17.1 Å². The van der Waals surface area contributed by atoms with E-state index in [1.54, 1.807) is 30.3 Å². The number of piperazine rings is 1. The number of anilines is 2. The van der Waals surface area contributed by atoms with E-state index in [0.717, 1.165) is 36.8 Å². The van der Waals surface area contributed by atoms with Crippen molar-refractivity contribution in [1.29, 1.82) is 0 Å². The highest BCUT2D eigenvalue weighted by atomic mass is 32.1. The molecule has 7 rings (SSSR count). The summed E-state index contributed by atoms with van der Waals surface area (Å²) in [6.45, 7) is 2.37. The molecule has 1 atom stereocenters. The lowest BCUT2D eigenvalue weighted by Crippen LogP contribution is -2.49. The van der Waals surface area contributed by atoms with Crippen LogP contribution in [0.3, 0.4) is 0 Å². The van der Waals surface area contributed by atoms with Gasteiger partial charge in [0, 0.05) is 61.0 Å². The van der Waals surface area contributed by atoms with Crippen molar-refractivity contribution >= 4 is 55.4 Å². The molecule has 2 fully saturated rings. The lowest BCUT2D eigenvalue weighted by molar-refractivity contribution is -0.128. The number of rotatable bonds is 7. The fourth-order valence-electron chi connectivity index (χ4n) is 6.13. The highest BCUT2D eigenvalue weighted by Crippen LogP contribution is 2.39. The molecule has 5 heterocycles. The number of hydrogen-bond donors (Lipinski definition) is 1. The monoisotopic (exact) mass is 660 g/mol. The van der Waals surface area contributed by atoms with Crippen LogP contribution in [0.1, 0.15) is 18.5 Å². The van der Waals surface area contributed by atoms with Crippen LogP contribution in [0.15, 0.2) is 54.5 Å². The average Bonchev–Trinajstić information content (AvgIpc) is 3.69. The molecule has 0 spiro atoms. The smallest absolute Gasteiger partial charge is 0.319 e. The number of pyridine rings is 1. The number of carbonyl (C=O) groups excluding carboxylic acids is 1. The highest BCUT2D eigenvalue weighted by molar-refractivity contribution is 7.22. The van der Waals surface area contributed by atoms with E-state index in [4.69, 9.17) is 15.5 Å². The molecule has 0 aliphatic carbocycles. The van der Waals surface area contributed by atoms with Gasteiger partial charge in [0.15, 0.2) is 16.8 Å². The molecular weight excluding hydrogens is 629 g/mol. The number of halogens is 3. The van der Waals surface area contributed by atoms with Gasteiger partial charge in [-0.2, -0.15) is 9.97 Å². The second-order valence-electron chi connectivity index (χ2n) is 11.6. The molecule has 0 unspecified atom stereocenters. The van der Waals surface area contributed by atoms with E-state index < -0.39 is 23.4 Å². The number of carbonyl (C=O) groups is 1. The first-order valence-electron chi connectivity index (χ1n) is 15.3. The molecule has 2 saturated heterocycles. The van der Waals surface area contributed by atoms with Crippen LogP contribution in [0.25, 0.3) is 38.3 Å². The van der Waals surface area contributed by atoms with Crippen molar-refractivity contribution in [2.45, 2.75) is 18.9 Å². The van der Waals surface area contributed by atoms with Crippen LogP contribution in [-0.4, -0.2) is 88.1 Å². The lowest BCUT2D eigenvalue weighted by atomic mass is 10.0. The van der Waals surface area contributed by atoms with Crippen LogP contribution < -0.4 is 15.4 Å². The predicted molar refractivity (Wildman–Crippen MR) is 176 cm³/mol. The zero-order chi connectivity index (χ0) is 32.7. The van der Waals surface area contributed by atoms with E-state index >= 15 is 4.39 Å². The van der Waals surface area contributed by atoms with Crippen LogP contribution in [0.2, 0.25) is 0 Å². The molecule has 1 amide bonds. The van der Waals surface area contributed by atoms with Gasteiger partial charge in [0.1, 0.15) is 23.8 Å². The SMILES string of the molecule is CN1CCC[C@H]1COc1nc(N2CCN(C(=O)/C(F)=C/c3ccccn3)CC2)c2ccc(-c3ccc(F)c4sc(N)nc34)c(F)c2n1. The Morgan fingerprint density at radius 3 is 2.57 bits per heavy atom. The maximum absolute atomic E-state index is 16.5. The van der Waals surface area contributed by atoms with E-state index in [9.17, 15) is 13.6 Å². The summed E-state index contributed by atoms with van der Waals surface area (Å²) in [5, 5.41) is 0.614. The number of nitrogen functional groups attached to an aromatic ring is 1. The number of nitrogens with zero attached hydrogens (tertiary/aromatic N) is 7. The Hall–Kier alpha value is -4.82. The maximum Gasteiger partial charge on any atom is 0.319 e. The summed E-state index contributed by atoms with van der Waals surface area (Å²) in [6, 6.07) is 11.3. The van der Waals surface area contributed by atoms with Crippen LogP contribution in [0, 0.1) is 11.6 Å². The van der Waals surface area contributed by atoms with Crippen LogP contribution in [-0.2, 0) is 4.79 Å². The molecule has 2 N–H and O–H groups in total. The molecule has 0 bridgehead atoms. The first-order chi connectivity index (χ1) is 22.8. The number of fused-ring (bicyclic) bond motifs is 2. The van der Waals surface area contributed by atoms with Crippen LogP contribution >= 0.6 is 11.3 Å². The second-order valence-corrected chi connectivity index (χ2v) is 12.6. The molecule has 2 aliphatic heterocycles. The number of ether oxygens (including phenoxy) is 1. The van der Waals surface area contributed by atoms with Gasteiger partial charge in [0.2, 0.25) is 0 Å². The van der Waals surface area contributed by atoms with E-state index in [1.807, 2.05) is 11.9 Å². The Bertz CT molecular complexity index is 2000. The molecule has 3 aromatic heterocycles. The molecule has 0 saturated carbocycles. The lowest BCUT2D eigenvalue weighted by Gasteiger charge is -2.35. The summed E-state index contributed by atoms with van der Waals surface area (Å²) < 4.78 is 52.2. The third-order valence-electron chi connectivity index (χ3n) is 8.68. The number of aromatic nitrogens is 4. The predicted octanol–water partition coefficient (Wildman–Crippen LogP) is 5.29. The number of nitrogens with two attached hydrogens (primary N) is 1. The van der Waals surface area contributed by atoms with Gasteiger partial charge in [-0.05, 0) is 56.8 Å². The average molecular weight is 661 g/mol. The number of likely N-dealkylation sites (N-methyl/N-ethyl adjacent to an activating group) is 1. The Morgan fingerprint density at radius 2 is 1.83 bits per heavy atom. The second kappa shape index (κ2) is 12.8. The Balaban J connectivity index is 1.22. The van der Waals surface area contributed by atoms with E-state index in [0.29, 0.717) is 42.2 Å². The Labute approximate surface area is 272 Å². The van der Waals surface area contributed by atoms with Crippen LogP contribution in [0.5, 0.6) is 6.01 Å². The molecular formula is C33H31F3N8O2S. The van der Waals surface area contributed by atoms with Crippen molar-refractivity contribution in [2.75, 3.05) is 57.0 Å². The van der Waals surface area contributed by atoms with Gasteiger partial charge in [0.05, 0.1) is 15.9 Å². The van der Waals surface area contributed by atoms with E-state index in [-0.39, 0.29) is 51.6 Å². The zero-order valence-electron chi connectivity index (χ0n) is 25.5. The molecule has 14 heteroatoms. The summed E-state index contributed by atoms with van der Waals surface area (Å²) in [4.78, 5) is 36.0. The number of benzene rings is 2. The van der Waals surface area contributed by atoms with Crippen molar-refractivity contribution in [2.24, 2.45) is 0 Å². The summed E-state index contributed by atoms with van der Waals surface area (Å²) in [5.74, 6) is -2.31. The number of thiazole rings is 1. The third-order valence-corrected chi connectivity index (χ3v) is 9.57. The standard InChI is InChI=1S/C33H31F3N8O2S/c1-42-12-4-6-20(42)18-46-33-40-27-23(8-7-21(26(27)36)22-9-10-24(34)29-28(22)39-32(37)47-29)30(41-33)43-13-15-44(16-14-43)31(45)25(35)17-19-5-2-3-11-38-19/h2-3,5,7-11,17,20H,4,6,12-16,18H2,1H3,(H2,37,39)/b25-17-/t20-/m0/s1. The Kier molecular flexibility index (Phi) is 8.37. The zero-order valence-corrected chi connectivity index (χ0v) is 26.3. The first kappa shape index (κ1) is 30.8. The van der Waals surface area contributed by atoms with Gasteiger partial charge in [-0.25, -0.2) is 18.2 Å². The minimum atomic E-state index is -0.899. The van der Waals surface area contributed by atoms with Gasteiger partial charge in [-0.1, -0.05) is 23.5 Å². The van der Waals surface area contributed by atoms with Gasteiger partial charge in [-0.3, -0.25) is 9.78 Å². The van der Waals surface area contributed by atoms with Crippen LogP contribution in [0.4, 0.5) is 24.1 Å². The molecule has 47 heavy (non-hydrogen) atoms. The first-order valence-corrected chi connectivity index (χ1v) is 16.1. The third kappa shape index (κ3) is 6.05. The quantitative estimate of drug-likeness (QED) is 0.233. The molecule has 2 aromatic carbocycles. The normalized spacial score (nSPS) is 17.6. The van der Waals surface area contributed by atoms with Crippen molar-refractivity contribution < 1.29 is 22.7 Å². The fraction of sp³-hybridized carbons (Fsp3) is 0.303. The molecule has 10 nitrogen and oxygen atoms in total. The molecule has 2 aliphatic rings. The number of amides is 1. The topological polar surface area (TPSA) is 114 Å². The summed E-state index contributed by atoms with van der Waals surface area (Å²) in [5.41, 5.74) is 7.10. The van der Waals surface area contributed by atoms with E-state index in [2.05, 4.69) is 19.9 Å². The Morgan fingerprint density at radius 1 is 1.02 bits per heavy atom. The minimum Gasteiger partial charge on any atom is -0.462 e. The number of likely N-dealkylation sites (tertiary alicyclic amines) is 1. The largest absolute Gasteiger partial charge is 0.462 e. The number of hydrogen-bond acceptors (Lipinski definition) is 10. The fourth-order valence-corrected chi connectivity index (χ4v) is 6.90. The maximum atomic E-state index is 16.5.